The van der Waals surface area contributed by atoms with E-state index in [1.807, 2.05) is 42.2 Å². The van der Waals surface area contributed by atoms with Gasteiger partial charge in [-0.25, -0.2) is 0 Å². The fraction of sp³-hybridized carbons (Fsp3) is 0.360. The lowest BCUT2D eigenvalue weighted by Crippen LogP contribution is -2.42. The molecule has 2 aromatic rings. The average molecular weight is 448 g/mol. The molecule has 0 bridgehead atoms. The van der Waals surface area contributed by atoms with Crippen molar-refractivity contribution in [3.8, 4) is 0 Å². The van der Waals surface area contributed by atoms with Gasteiger partial charge in [-0.1, -0.05) is 18.2 Å². The Labute approximate surface area is 193 Å². The van der Waals surface area contributed by atoms with E-state index < -0.39 is 17.9 Å². The molecule has 3 amide bonds. The Kier molecular flexibility index (Phi) is 6.44. The molecule has 2 unspecified atom stereocenters. The summed E-state index contributed by atoms with van der Waals surface area (Å²) in [6, 6.07) is 13.9. The summed E-state index contributed by atoms with van der Waals surface area (Å²) in [7, 11) is 0. The van der Waals surface area contributed by atoms with Gasteiger partial charge in [0.2, 0.25) is 5.91 Å². The first-order valence-corrected chi connectivity index (χ1v) is 11.3. The van der Waals surface area contributed by atoms with E-state index in [0.29, 0.717) is 16.9 Å². The van der Waals surface area contributed by atoms with E-state index in [0.717, 1.165) is 31.4 Å². The number of piperidine rings is 1. The van der Waals surface area contributed by atoms with Crippen LogP contribution in [0.5, 0.6) is 0 Å². The second kappa shape index (κ2) is 9.44. The molecule has 2 heterocycles. The van der Waals surface area contributed by atoms with Gasteiger partial charge in [-0.15, -0.1) is 0 Å². The van der Waals surface area contributed by atoms with Gasteiger partial charge in [-0.05, 0) is 69.0 Å². The SMILES string of the molecule is Cc1cc(C(=O)N2CCCCC2C)ccc1NC(=O)C1=NN(c2ccccc2)C(C(N)=O)C1. The van der Waals surface area contributed by atoms with E-state index in [4.69, 9.17) is 5.73 Å². The van der Waals surface area contributed by atoms with Crippen LogP contribution in [0.1, 0.15) is 48.5 Å². The lowest BCUT2D eigenvalue weighted by Gasteiger charge is -2.33. The summed E-state index contributed by atoms with van der Waals surface area (Å²) >= 11 is 0. The number of amides is 3. The molecule has 0 aromatic heterocycles. The monoisotopic (exact) mass is 447 g/mol. The van der Waals surface area contributed by atoms with Crippen molar-refractivity contribution >= 4 is 34.8 Å². The van der Waals surface area contributed by atoms with Crippen LogP contribution in [0.2, 0.25) is 0 Å². The number of rotatable bonds is 5. The maximum Gasteiger partial charge on any atom is 0.271 e. The first-order chi connectivity index (χ1) is 15.8. The number of hydrogen-bond donors (Lipinski definition) is 2. The quantitative estimate of drug-likeness (QED) is 0.734. The van der Waals surface area contributed by atoms with Crippen molar-refractivity contribution in [2.75, 3.05) is 16.9 Å². The van der Waals surface area contributed by atoms with E-state index >= 15 is 0 Å². The molecule has 3 N–H and O–H groups in total. The summed E-state index contributed by atoms with van der Waals surface area (Å²) < 4.78 is 0. The highest BCUT2D eigenvalue weighted by atomic mass is 16.2. The van der Waals surface area contributed by atoms with E-state index in [9.17, 15) is 14.4 Å². The third-order valence-corrected chi connectivity index (χ3v) is 6.31. The summed E-state index contributed by atoms with van der Waals surface area (Å²) in [6.07, 6.45) is 3.32. The Morgan fingerprint density at radius 3 is 2.52 bits per heavy atom. The molecule has 2 atom stereocenters. The number of carbonyl (C=O) groups is 3. The number of carbonyl (C=O) groups excluding carboxylic acids is 3. The number of nitrogens with one attached hydrogen (secondary N) is 1. The molecule has 0 saturated carbocycles. The number of para-hydroxylation sites is 1. The van der Waals surface area contributed by atoms with Crippen molar-refractivity contribution in [2.45, 2.75) is 51.6 Å². The number of benzene rings is 2. The lowest BCUT2D eigenvalue weighted by atomic mass is 10.0. The van der Waals surface area contributed by atoms with Crippen LogP contribution in [0.3, 0.4) is 0 Å². The summed E-state index contributed by atoms with van der Waals surface area (Å²) in [6.45, 7) is 4.71. The highest BCUT2D eigenvalue weighted by molar-refractivity contribution is 6.44. The first kappa shape index (κ1) is 22.5. The Balaban J connectivity index is 1.49. The van der Waals surface area contributed by atoms with Gasteiger partial charge in [-0.3, -0.25) is 19.4 Å². The lowest BCUT2D eigenvalue weighted by molar-refractivity contribution is -0.119. The van der Waals surface area contributed by atoms with Crippen LogP contribution in [-0.2, 0) is 9.59 Å². The highest BCUT2D eigenvalue weighted by Gasteiger charge is 2.35. The second-order valence-corrected chi connectivity index (χ2v) is 8.68. The predicted molar refractivity (Wildman–Crippen MR) is 128 cm³/mol. The van der Waals surface area contributed by atoms with Crippen molar-refractivity contribution in [1.29, 1.82) is 0 Å². The molecule has 1 saturated heterocycles. The number of nitrogens with zero attached hydrogens (tertiary/aromatic N) is 3. The fourth-order valence-corrected chi connectivity index (χ4v) is 4.38. The number of aryl methyl sites for hydroxylation is 1. The van der Waals surface area contributed by atoms with Crippen LogP contribution in [0.4, 0.5) is 11.4 Å². The van der Waals surface area contributed by atoms with Crippen molar-refractivity contribution < 1.29 is 14.4 Å². The molecular weight excluding hydrogens is 418 g/mol. The standard InChI is InChI=1S/C25H29N5O3/c1-16-14-18(25(33)29-13-7-6-8-17(29)2)11-12-20(16)27-24(32)21-15-22(23(26)31)30(28-21)19-9-4-3-5-10-19/h3-5,9-12,14,17,22H,6-8,13,15H2,1-2H3,(H2,26,31)(H,27,32). The molecule has 8 nitrogen and oxygen atoms in total. The van der Waals surface area contributed by atoms with Gasteiger partial charge in [0, 0.05) is 30.3 Å². The maximum absolute atomic E-state index is 12.9. The van der Waals surface area contributed by atoms with Crippen LogP contribution in [0, 0.1) is 6.92 Å². The molecule has 2 aliphatic heterocycles. The van der Waals surface area contributed by atoms with Gasteiger partial charge < -0.3 is 16.0 Å². The van der Waals surface area contributed by atoms with Crippen molar-refractivity contribution in [2.24, 2.45) is 10.8 Å². The topological polar surface area (TPSA) is 108 Å². The zero-order valence-electron chi connectivity index (χ0n) is 19.0. The van der Waals surface area contributed by atoms with Gasteiger partial charge >= 0.3 is 0 Å². The number of hydrogen-bond acceptors (Lipinski definition) is 5. The summed E-state index contributed by atoms with van der Waals surface area (Å²) in [4.78, 5) is 39.8. The maximum atomic E-state index is 12.9. The number of anilines is 2. The Bertz CT molecular complexity index is 1100. The molecule has 2 aliphatic rings. The van der Waals surface area contributed by atoms with Crippen LogP contribution in [-0.4, -0.2) is 47.0 Å². The van der Waals surface area contributed by atoms with Gasteiger partial charge in [0.15, 0.2) is 0 Å². The van der Waals surface area contributed by atoms with Crippen molar-refractivity contribution in [3.63, 3.8) is 0 Å². The Hall–Kier alpha value is -3.68. The smallest absolute Gasteiger partial charge is 0.271 e. The minimum atomic E-state index is -0.722. The fourth-order valence-electron chi connectivity index (χ4n) is 4.38. The van der Waals surface area contributed by atoms with Crippen molar-refractivity contribution in [3.05, 3.63) is 59.7 Å². The minimum absolute atomic E-state index is 0.0196. The first-order valence-electron chi connectivity index (χ1n) is 11.3. The molecule has 1 fully saturated rings. The minimum Gasteiger partial charge on any atom is -0.368 e. The highest BCUT2D eigenvalue weighted by Crippen LogP contribution is 2.26. The van der Waals surface area contributed by atoms with E-state index in [-0.39, 0.29) is 24.1 Å². The molecule has 33 heavy (non-hydrogen) atoms. The van der Waals surface area contributed by atoms with Crippen LogP contribution in [0.25, 0.3) is 0 Å². The zero-order chi connectivity index (χ0) is 23.5. The zero-order valence-corrected chi connectivity index (χ0v) is 19.0. The Morgan fingerprint density at radius 1 is 1.09 bits per heavy atom. The predicted octanol–water partition coefficient (Wildman–Crippen LogP) is 3.07. The molecule has 4 rings (SSSR count). The molecule has 8 heteroatoms. The van der Waals surface area contributed by atoms with Gasteiger partial charge in [0.1, 0.15) is 11.8 Å². The third kappa shape index (κ3) is 4.74. The van der Waals surface area contributed by atoms with Crippen LogP contribution in [0.15, 0.2) is 53.6 Å². The second-order valence-electron chi connectivity index (χ2n) is 8.68. The molecule has 0 aliphatic carbocycles. The molecule has 0 spiro atoms. The summed E-state index contributed by atoms with van der Waals surface area (Å²) in [5, 5.41) is 8.73. The van der Waals surface area contributed by atoms with Gasteiger partial charge in [-0.2, -0.15) is 5.10 Å². The number of likely N-dealkylation sites (tertiary alicyclic amines) is 1. The van der Waals surface area contributed by atoms with Crippen LogP contribution < -0.4 is 16.1 Å². The molecule has 2 aromatic carbocycles. The summed E-state index contributed by atoms with van der Waals surface area (Å²) in [5.74, 6) is -0.922. The molecular formula is C25H29N5O3. The average Bonchev–Trinajstić information content (AvgIpc) is 3.27. The molecule has 172 valence electrons. The van der Waals surface area contributed by atoms with E-state index in [2.05, 4.69) is 17.3 Å². The molecule has 0 radical (unpaired) electrons. The Morgan fingerprint density at radius 2 is 1.85 bits per heavy atom. The van der Waals surface area contributed by atoms with Crippen LogP contribution >= 0.6 is 0 Å². The summed E-state index contributed by atoms with van der Waals surface area (Å²) in [5.41, 5.74) is 8.47. The number of primary amides is 1. The van der Waals surface area contributed by atoms with E-state index in [1.54, 1.807) is 18.2 Å². The third-order valence-electron chi connectivity index (χ3n) is 6.31. The number of hydrazone groups is 1. The normalized spacial score (nSPS) is 20.4. The largest absolute Gasteiger partial charge is 0.368 e. The van der Waals surface area contributed by atoms with Crippen molar-refractivity contribution in [1.82, 2.24) is 4.90 Å². The van der Waals surface area contributed by atoms with Gasteiger partial charge in [0.25, 0.3) is 11.8 Å². The van der Waals surface area contributed by atoms with Gasteiger partial charge in [0.05, 0.1) is 5.69 Å². The van der Waals surface area contributed by atoms with E-state index in [1.165, 1.54) is 5.01 Å². The number of nitrogens with two attached hydrogens (primary N) is 1.